The minimum atomic E-state index is -5.34. The lowest BCUT2D eigenvalue weighted by Crippen LogP contribution is -2.24. The number of aryl methyl sites for hydroxylation is 1. The van der Waals surface area contributed by atoms with E-state index in [2.05, 4.69) is 37.8 Å². The van der Waals surface area contributed by atoms with Gasteiger partial charge in [0.2, 0.25) is 0 Å². The van der Waals surface area contributed by atoms with Crippen LogP contribution in [0.2, 0.25) is 5.02 Å². The smallest absolute Gasteiger partial charge is 0.338 e. The summed E-state index contributed by atoms with van der Waals surface area (Å²) in [5, 5.41) is 0.0992. The molecule has 0 spiro atoms. The zero-order valence-electron chi connectivity index (χ0n) is 15.6. The summed E-state index contributed by atoms with van der Waals surface area (Å²) in [7, 11) is -5.32. The van der Waals surface area contributed by atoms with Gasteiger partial charge in [0, 0.05) is 27.5 Å². The Labute approximate surface area is 184 Å². The van der Waals surface area contributed by atoms with Crippen molar-refractivity contribution in [3.8, 4) is 22.6 Å². The number of alkyl halides is 3. The van der Waals surface area contributed by atoms with Crippen LogP contribution in [0.1, 0.15) is 24.6 Å². The number of hydrogen-bond donors (Lipinski definition) is 1. The van der Waals surface area contributed by atoms with E-state index in [1.54, 1.807) is 12.4 Å². The van der Waals surface area contributed by atoms with E-state index in [0.717, 1.165) is 24.1 Å². The summed E-state index contributed by atoms with van der Waals surface area (Å²) in [4.78, 5) is 11.8. The van der Waals surface area contributed by atoms with Crippen molar-refractivity contribution in [2.45, 2.75) is 31.0 Å². The number of sulfone groups is 1. The summed E-state index contributed by atoms with van der Waals surface area (Å²) in [6.45, 7) is 2.06. The Morgan fingerprint density at radius 1 is 1.20 bits per heavy atom. The molecule has 30 heavy (non-hydrogen) atoms. The van der Waals surface area contributed by atoms with Crippen LogP contribution in [0.25, 0.3) is 22.6 Å². The van der Waals surface area contributed by atoms with Gasteiger partial charge in [-0.2, -0.15) is 13.2 Å². The predicted molar refractivity (Wildman–Crippen MR) is 113 cm³/mol. The van der Waals surface area contributed by atoms with Crippen LogP contribution in [0.5, 0.6) is 0 Å². The number of hydrogen-bond acceptors (Lipinski definition) is 4. The van der Waals surface area contributed by atoms with Crippen molar-refractivity contribution in [2.24, 2.45) is 0 Å². The van der Waals surface area contributed by atoms with E-state index in [1.807, 2.05) is 12.1 Å². The fourth-order valence-electron chi connectivity index (χ4n) is 2.81. The molecule has 0 radical (unpaired) electrons. The highest BCUT2D eigenvalue weighted by molar-refractivity contribution is 9.10. The maximum atomic E-state index is 12.7. The van der Waals surface area contributed by atoms with Gasteiger partial charge < -0.3 is 4.98 Å². The molecule has 0 saturated heterocycles. The van der Waals surface area contributed by atoms with Crippen molar-refractivity contribution in [1.29, 1.82) is 0 Å². The van der Waals surface area contributed by atoms with Gasteiger partial charge in [0.1, 0.15) is 5.82 Å². The standard InChI is InChI=1S/C19H16BrClF3N3O2S/c1-2-3-13-6-11(4-5-25-13)18-26-9-17(27-18)14-8-15(20)12(7-16(14)21)10-30(28,29)19(22,23)24/h4-9H,2-3,10H2,1H3,(H,26,27). The number of halogens is 5. The van der Waals surface area contributed by atoms with Crippen LogP contribution in [-0.2, 0) is 22.0 Å². The third-order valence-corrected chi connectivity index (χ3v) is 6.74. The van der Waals surface area contributed by atoms with Crippen LogP contribution in [0.15, 0.2) is 41.1 Å². The summed E-state index contributed by atoms with van der Waals surface area (Å²) in [5.41, 5.74) is -2.64. The first-order valence-electron chi connectivity index (χ1n) is 8.79. The molecule has 11 heteroatoms. The minimum absolute atomic E-state index is 0.0841. The van der Waals surface area contributed by atoms with Crippen LogP contribution in [0.4, 0.5) is 13.2 Å². The number of aromatic amines is 1. The summed E-state index contributed by atoms with van der Waals surface area (Å²) in [6.07, 6.45) is 5.04. The molecule has 0 amide bonds. The fraction of sp³-hybridized carbons (Fsp3) is 0.263. The molecule has 0 bridgehead atoms. The molecular weight excluding hydrogens is 507 g/mol. The van der Waals surface area contributed by atoms with E-state index in [4.69, 9.17) is 11.6 Å². The number of benzene rings is 1. The number of rotatable bonds is 6. The van der Waals surface area contributed by atoms with Crippen molar-refractivity contribution in [1.82, 2.24) is 15.0 Å². The Morgan fingerprint density at radius 3 is 2.60 bits per heavy atom. The first kappa shape index (κ1) is 22.8. The Balaban J connectivity index is 1.93. The minimum Gasteiger partial charge on any atom is -0.338 e. The summed E-state index contributed by atoms with van der Waals surface area (Å²) in [6, 6.07) is 6.41. The molecule has 0 aliphatic carbocycles. The van der Waals surface area contributed by atoms with Gasteiger partial charge in [-0.1, -0.05) is 40.9 Å². The van der Waals surface area contributed by atoms with Crippen LogP contribution in [0, 0.1) is 0 Å². The maximum absolute atomic E-state index is 12.7. The highest BCUT2D eigenvalue weighted by Gasteiger charge is 2.45. The van der Waals surface area contributed by atoms with E-state index >= 15 is 0 Å². The first-order chi connectivity index (χ1) is 14.0. The molecule has 0 atom stereocenters. The molecule has 3 aromatic rings. The molecule has 0 saturated carbocycles. The summed E-state index contributed by atoms with van der Waals surface area (Å²) in [5.74, 6) is -0.622. The molecule has 2 heterocycles. The number of pyridine rings is 1. The van der Waals surface area contributed by atoms with Crippen LogP contribution < -0.4 is 0 Å². The lowest BCUT2D eigenvalue weighted by atomic mass is 10.1. The lowest BCUT2D eigenvalue weighted by Gasteiger charge is -2.11. The van der Waals surface area contributed by atoms with E-state index in [9.17, 15) is 21.6 Å². The molecule has 1 N–H and O–H groups in total. The average molecular weight is 523 g/mol. The van der Waals surface area contributed by atoms with Crippen LogP contribution in [0.3, 0.4) is 0 Å². The quantitative estimate of drug-likeness (QED) is 0.435. The van der Waals surface area contributed by atoms with Gasteiger partial charge in [-0.3, -0.25) is 4.98 Å². The Hall–Kier alpha value is -1.91. The predicted octanol–water partition coefficient (Wildman–Crippen LogP) is 5.94. The second-order valence-corrected chi connectivity index (χ2v) is 9.80. The highest BCUT2D eigenvalue weighted by atomic mass is 79.9. The Morgan fingerprint density at radius 2 is 1.93 bits per heavy atom. The number of H-pyrrole nitrogens is 1. The highest BCUT2D eigenvalue weighted by Crippen LogP contribution is 2.36. The van der Waals surface area contributed by atoms with Gasteiger partial charge in [-0.15, -0.1) is 0 Å². The molecule has 5 nitrogen and oxygen atoms in total. The van der Waals surface area contributed by atoms with Crippen molar-refractivity contribution < 1.29 is 21.6 Å². The fourth-order valence-corrected chi connectivity index (χ4v) is 4.58. The number of nitrogens with zero attached hydrogens (tertiary/aromatic N) is 2. The second-order valence-electron chi connectivity index (χ2n) is 6.56. The Bertz CT molecular complexity index is 1180. The van der Waals surface area contributed by atoms with Crippen molar-refractivity contribution in [3.63, 3.8) is 0 Å². The molecular formula is C19H16BrClF3N3O2S. The largest absolute Gasteiger partial charge is 0.497 e. The molecule has 0 aliphatic rings. The topological polar surface area (TPSA) is 75.7 Å². The third kappa shape index (κ3) is 4.87. The van der Waals surface area contributed by atoms with E-state index < -0.39 is 21.1 Å². The van der Waals surface area contributed by atoms with E-state index in [-0.39, 0.29) is 15.1 Å². The monoisotopic (exact) mass is 521 g/mol. The van der Waals surface area contributed by atoms with Gasteiger partial charge in [-0.25, -0.2) is 13.4 Å². The van der Waals surface area contributed by atoms with Gasteiger partial charge in [-0.05, 0) is 36.2 Å². The molecule has 0 aliphatic heterocycles. The van der Waals surface area contributed by atoms with Crippen molar-refractivity contribution in [3.05, 3.63) is 57.4 Å². The van der Waals surface area contributed by atoms with E-state index in [1.165, 1.54) is 12.1 Å². The van der Waals surface area contributed by atoms with Gasteiger partial charge in [0.05, 0.1) is 22.7 Å². The van der Waals surface area contributed by atoms with Gasteiger partial charge in [0.15, 0.2) is 0 Å². The first-order valence-corrected chi connectivity index (χ1v) is 11.6. The summed E-state index contributed by atoms with van der Waals surface area (Å²) >= 11 is 9.39. The molecule has 3 rings (SSSR count). The second kappa shape index (κ2) is 8.68. The summed E-state index contributed by atoms with van der Waals surface area (Å²) < 4.78 is 61.2. The average Bonchev–Trinajstić information content (AvgIpc) is 3.14. The third-order valence-electron chi connectivity index (χ3n) is 4.30. The van der Waals surface area contributed by atoms with E-state index in [0.29, 0.717) is 17.1 Å². The van der Waals surface area contributed by atoms with Crippen molar-refractivity contribution in [2.75, 3.05) is 0 Å². The van der Waals surface area contributed by atoms with Crippen LogP contribution >= 0.6 is 27.5 Å². The number of nitrogens with one attached hydrogen (secondary N) is 1. The normalized spacial score (nSPS) is 12.3. The SMILES string of the molecule is CCCc1cc(-c2ncc(-c3cc(Br)c(CS(=O)(=O)C(F)(F)F)cc3Cl)[nH]2)ccn1. The molecule has 0 fully saturated rings. The zero-order chi connectivity index (χ0) is 22.1. The van der Waals surface area contributed by atoms with Gasteiger partial charge >= 0.3 is 5.51 Å². The number of imidazole rings is 1. The van der Waals surface area contributed by atoms with Crippen LogP contribution in [-0.4, -0.2) is 28.9 Å². The van der Waals surface area contributed by atoms with Crippen molar-refractivity contribution >= 4 is 37.4 Å². The molecule has 1 aromatic carbocycles. The molecule has 0 unspecified atom stereocenters. The molecule has 160 valence electrons. The lowest BCUT2D eigenvalue weighted by molar-refractivity contribution is -0.0437. The van der Waals surface area contributed by atoms with Gasteiger partial charge in [0.25, 0.3) is 9.84 Å². The zero-order valence-corrected chi connectivity index (χ0v) is 18.8. The maximum Gasteiger partial charge on any atom is 0.497 e. The Kier molecular flexibility index (Phi) is 6.59. The molecule has 2 aromatic heterocycles. The number of aromatic nitrogens is 3.